The van der Waals surface area contributed by atoms with E-state index in [-0.39, 0.29) is 11.2 Å². The van der Waals surface area contributed by atoms with Crippen LogP contribution in [-0.2, 0) is 0 Å². The van der Waals surface area contributed by atoms with Crippen molar-refractivity contribution in [2.75, 3.05) is 0 Å². The van der Waals surface area contributed by atoms with Gasteiger partial charge in [-0.15, -0.1) is 0 Å². The molecule has 1 heterocycles. The van der Waals surface area contributed by atoms with Crippen molar-refractivity contribution in [1.82, 2.24) is 9.78 Å². The number of nitro groups is 1. The Hall–Kier alpha value is -3.48. The van der Waals surface area contributed by atoms with Gasteiger partial charge in [0.05, 0.1) is 21.9 Å². The van der Waals surface area contributed by atoms with E-state index in [9.17, 15) is 14.9 Å². The number of rotatable bonds is 4. The minimum absolute atomic E-state index is 0.00104. The fourth-order valence-electron chi connectivity index (χ4n) is 2.56. The maximum absolute atomic E-state index is 12.7. The van der Waals surface area contributed by atoms with Gasteiger partial charge in [0.1, 0.15) is 0 Å². The number of nitro benzene ring substituents is 1. The quantitative estimate of drug-likeness (QED) is 0.441. The molecule has 132 valence electrons. The summed E-state index contributed by atoms with van der Waals surface area (Å²) in [6.07, 6.45) is 1.48. The summed E-state index contributed by atoms with van der Waals surface area (Å²) in [5, 5.41) is 13.7. The van der Waals surface area contributed by atoms with E-state index in [1.807, 2.05) is 32.0 Å². The summed E-state index contributed by atoms with van der Waals surface area (Å²) in [4.78, 5) is 27.2. The van der Waals surface area contributed by atoms with Crippen LogP contribution in [0.3, 0.4) is 0 Å². The van der Waals surface area contributed by atoms with E-state index in [0.29, 0.717) is 16.9 Å². The Labute approximate surface area is 149 Å². The minimum Gasteiger partial charge on any atom is -0.295 e. The minimum atomic E-state index is -0.466. The highest BCUT2D eigenvalue weighted by Gasteiger charge is 2.11. The Bertz CT molecular complexity index is 1060. The molecule has 0 atom stereocenters. The van der Waals surface area contributed by atoms with E-state index in [0.717, 1.165) is 16.8 Å². The second-order valence-electron chi connectivity index (χ2n) is 6.09. The summed E-state index contributed by atoms with van der Waals surface area (Å²) in [6.45, 7) is 5.82. The van der Waals surface area contributed by atoms with E-state index in [1.54, 1.807) is 19.1 Å². The van der Waals surface area contributed by atoms with Crippen LogP contribution in [0.1, 0.15) is 22.4 Å². The van der Waals surface area contributed by atoms with Crippen molar-refractivity contribution in [3.05, 3.63) is 85.3 Å². The second kappa shape index (κ2) is 6.79. The van der Waals surface area contributed by atoms with Gasteiger partial charge in [0.2, 0.25) is 0 Å². The first kappa shape index (κ1) is 17.3. The molecule has 3 aromatic rings. The van der Waals surface area contributed by atoms with Gasteiger partial charge in [-0.25, -0.2) is 4.68 Å². The Morgan fingerprint density at radius 1 is 1.08 bits per heavy atom. The first-order chi connectivity index (χ1) is 12.4. The topological polar surface area (TPSA) is 93.3 Å². The molecule has 7 heteroatoms. The third-order valence-electron chi connectivity index (χ3n) is 4.27. The van der Waals surface area contributed by atoms with Gasteiger partial charge in [-0.05, 0) is 56.2 Å². The monoisotopic (exact) mass is 350 g/mol. The molecule has 0 bridgehead atoms. The zero-order valence-electron chi connectivity index (χ0n) is 14.7. The molecule has 0 spiro atoms. The highest BCUT2D eigenvalue weighted by molar-refractivity contribution is 5.83. The van der Waals surface area contributed by atoms with E-state index in [4.69, 9.17) is 0 Å². The molecule has 0 saturated heterocycles. The summed E-state index contributed by atoms with van der Waals surface area (Å²) in [7, 11) is 0. The van der Waals surface area contributed by atoms with Crippen molar-refractivity contribution >= 4 is 17.6 Å². The molecule has 0 unspecified atom stereocenters. The largest absolute Gasteiger partial charge is 0.295 e. The maximum atomic E-state index is 12.7. The number of aromatic nitrogens is 2. The van der Waals surface area contributed by atoms with Crippen LogP contribution in [0.4, 0.5) is 11.4 Å². The molecule has 0 saturated carbocycles. The number of H-pyrrole nitrogens is 1. The van der Waals surface area contributed by atoms with Gasteiger partial charge in [0.15, 0.2) is 0 Å². The zero-order valence-corrected chi connectivity index (χ0v) is 14.7. The fraction of sp³-hybridized carbons (Fsp3) is 0.158. The van der Waals surface area contributed by atoms with Crippen LogP contribution in [0.5, 0.6) is 0 Å². The lowest BCUT2D eigenvalue weighted by Crippen LogP contribution is -2.17. The molecule has 1 aromatic heterocycles. The summed E-state index contributed by atoms with van der Waals surface area (Å²) in [5.74, 6) is 0. The van der Waals surface area contributed by atoms with Crippen molar-refractivity contribution in [1.29, 1.82) is 0 Å². The number of non-ortho nitro benzene ring substituents is 1. The molecule has 0 aliphatic heterocycles. The Morgan fingerprint density at radius 2 is 1.77 bits per heavy atom. The van der Waals surface area contributed by atoms with Gasteiger partial charge in [0, 0.05) is 24.0 Å². The van der Waals surface area contributed by atoms with Crippen LogP contribution in [0.25, 0.3) is 5.69 Å². The first-order valence-corrected chi connectivity index (χ1v) is 8.04. The van der Waals surface area contributed by atoms with Crippen LogP contribution < -0.4 is 5.56 Å². The number of hydrogen-bond acceptors (Lipinski definition) is 4. The van der Waals surface area contributed by atoms with E-state index in [1.165, 1.54) is 23.0 Å². The molecule has 3 rings (SSSR count). The molecule has 0 radical (unpaired) electrons. The van der Waals surface area contributed by atoms with Crippen molar-refractivity contribution < 1.29 is 4.92 Å². The summed E-state index contributed by atoms with van der Waals surface area (Å²) < 4.78 is 1.49. The summed E-state index contributed by atoms with van der Waals surface area (Å²) in [6, 6.07) is 11.6. The number of hydrogen-bond donors (Lipinski definition) is 1. The Balaban J connectivity index is 1.94. The molecule has 0 aliphatic carbocycles. The highest BCUT2D eigenvalue weighted by atomic mass is 16.6. The van der Waals surface area contributed by atoms with Crippen molar-refractivity contribution in [2.24, 2.45) is 4.99 Å². The van der Waals surface area contributed by atoms with Gasteiger partial charge < -0.3 is 0 Å². The number of aryl methyl sites for hydroxylation is 3. The predicted octanol–water partition coefficient (Wildman–Crippen LogP) is 3.75. The molecule has 26 heavy (non-hydrogen) atoms. The van der Waals surface area contributed by atoms with Gasteiger partial charge in [-0.3, -0.25) is 25.0 Å². The molecule has 2 aromatic carbocycles. The first-order valence-electron chi connectivity index (χ1n) is 8.04. The van der Waals surface area contributed by atoms with Gasteiger partial charge in [-0.2, -0.15) is 0 Å². The lowest BCUT2D eigenvalue weighted by atomic mass is 10.1. The fourth-order valence-corrected chi connectivity index (χ4v) is 2.56. The van der Waals surface area contributed by atoms with Crippen LogP contribution in [0.2, 0.25) is 0 Å². The lowest BCUT2D eigenvalue weighted by Gasteiger charge is -2.05. The number of nitrogens with one attached hydrogen (secondary N) is 1. The molecule has 0 amide bonds. The molecular weight excluding hydrogens is 332 g/mol. The summed E-state index contributed by atoms with van der Waals surface area (Å²) >= 11 is 0. The molecule has 7 nitrogen and oxygen atoms in total. The third-order valence-corrected chi connectivity index (χ3v) is 4.27. The molecule has 0 fully saturated rings. The third kappa shape index (κ3) is 3.32. The van der Waals surface area contributed by atoms with Gasteiger partial charge in [0.25, 0.3) is 11.2 Å². The normalized spacial score (nSPS) is 11.2. The van der Waals surface area contributed by atoms with Crippen molar-refractivity contribution in [2.45, 2.75) is 20.8 Å². The molecule has 1 N–H and O–H groups in total. The number of aromatic amines is 1. The molecular formula is C19H18N4O3. The van der Waals surface area contributed by atoms with Crippen LogP contribution in [0.15, 0.2) is 52.3 Å². The van der Waals surface area contributed by atoms with Gasteiger partial charge >= 0.3 is 0 Å². The standard InChI is InChI=1S/C19H18N4O3/c1-12-4-7-17(10-13(12)2)22-19(24)18(14(3)21-22)11-20-15-5-8-16(9-6-15)23(25)26/h4-11,21H,1-3H3. The summed E-state index contributed by atoms with van der Waals surface area (Å²) in [5.41, 5.74) is 4.49. The zero-order chi connectivity index (χ0) is 18.8. The predicted molar refractivity (Wildman–Crippen MR) is 101 cm³/mol. The SMILES string of the molecule is Cc1ccc(-n2[nH]c(C)c(C=Nc3ccc([N+](=O)[O-])cc3)c2=O)cc1C. The van der Waals surface area contributed by atoms with Crippen LogP contribution in [-0.4, -0.2) is 20.9 Å². The Morgan fingerprint density at radius 3 is 2.38 bits per heavy atom. The molecule has 0 aliphatic rings. The average Bonchev–Trinajstić information content (AvgIpc) is 2.90. The number of aliphatic imine (C=N–C) groups is 1. The van der Waals surface area contributed by atoms with E-state index < -0.39 is 4.92 Å². The van der Waals surface area contributed by atoms with Crippen molar-refractivity contribution in [3.8, 4) is 5.69 Å². The van der Waals surface area contributed by atoms with E-state index >= 15 is 0 Å². The highest BCUT2D eigenvalue weighted by Crippen LogP contribution is 2.18. The maximum Gasteiger partial charge on any atom is 0.280 e. The van der Waals surface area contributed by atoms with Crippen LogP contribution in [0, 0.1) is 30.9 Å². The average molecular weight is 350 g/mol. The number of nitrogens with zero attached hydrogens (tertiary/aromatic N) is 3. The lowest BCUT2D eigenvalue weighted by molar-refractivity contribution is -0.384. The smallest absolute Gasteiger partial charge is 0.280 e. The van der Waals surface area contributed by atoms with Gasteiger partial charge in [-0.1, -0.05) is 6.07 Å². The second-order valence-corrected chi connectivity index (χ2v) is 6.09. The Kier molecular flexibility index (Phi) is 4.53. The number of benzene rings is 2. The van der Waals surface area contributed by atoms with Crippen molar-refractivity contribution in [3.63, 3.8) is 0 Å². The van der Waals surface area contributed by atoms with Crippen LogP contribution >= 0.6 is 0 Å². The van der Waals surface area contributed by atoms with E-state index in [2.05, 4.69) is 10.1 Å².